The van der Waals surface area contributed by atoms with Crippen LogP contribution in [0, 0.1) is 11.3 Å². The van der Waals surface area contributed by atoms with E-state index in [1.54, 1.807) is 92.2 Å². The number of carbonyl (C=O) groups is 7. The summed E-state index contributed by atoms with van der Waals surface area (Å²) in [6.45, 7) is 11.6. The second-order valence-electron chi connectivity index (χ2n) is 17.9. The number of nitrogens with zero attached hydrogens (tertiary/aromatic N) is 2. The molecule has 0 bridgehead atoms. The van der Waals surface area contributed by atoms with Crippen molar-refractivity contribution in [2.75, 3.05) is 39.8 Å². The van der Waals surface area contributed by atoms with Crippen LogP contribution in [0.15, 0.2) is 60.7 Å². The molecule has 7 N–H and O–H groups in total. The number of alkyl carbamates (subject to hydrolysis) is 1. The summed E-state index contributed by atoms with van der Waals surface area (Å²) in [5.41, 5.74) is 0.722. The fourth-order valence-corrected chi connectivity index (χ4v) is 7.83. The van der Waals surface area contributed by atoms with E-state index >= 15 is 0 Å². The zero-order valence-electron chi connectivity index (χ0n) is 37.0. The SMILES string of the molecule is CNC(=O)N1CC2(CCN(C(=O)[C@@H](CCCCNC(=O)OC(C)(C)C)NC(=O)[C@@H](CC(C)C)NC(=O)[C@@H](Cc3ccccc3)NC(=O)[C@@H](Cc3ccccc3)NC(=O)O)CC2)C1. The monoisotopic (exact) mass is 862 g/mol. The number of likely N-dealkylation sites (tertiary alicyclic amines) is 2. The number of carboxylic acid groups (broad SMARTS) is 1. The van der Waals surface area contributed by atoms with Gasteiger partial charge < -0.3 is 51.5 Å². The number of nitrogens with one attached hydrogen (secondary N) is 6. The van der Waals surface area contributed by atoms with Crippen LogP contribution in [0.3, 0.4) is 0 Å². The highest BCUT2D eigenvalue weighted by Gasteiger charge is 2.47. The smallest absolute Gasteiger partial charge is 0.407 e. The standard InChI is InChI=1S/C45H66N8O9/c1-30(2)25-34(49-38(55)35(26-31-15-9-7-10-16-31)50-39(56)36(51-42(59)60)27-32-17-11-8-12-18-32)37(54)48-33(19-13-14-22-47-43(61)62-44(3,4)5)40(57)52-23-20-45(21-24-52)28-53(29-45)41(58)46-6/h7-12,15-18,30,33-36,51H,13-14,19-29H2,1-6H3,(H,46,58)(H,47,61)(H,48,54)(H,49,55)(H,50,56)(H,59,60)/t33-,34-,35-,36-/m1/s1. The lowest BCUT2D eigenvalue weighted by Gasteiger charge is -2.53. The second-order valence-corrected chi connectivity index (χ2v) is 17.9. The summed E-state index contributed by atoms with van der Waals surface area (Å²) in [6, 6.07) is 13.3. The highest BCUT2D eigenvalue weighted by Crippen LogP contribution is 2.40. The van der Waals surface area contributed by atoms with Gasteiger partial charge in [-0.2, -0.15) is 0 Å². The zero-order valence-corrected chi connectivity index (χ0v) is 37.0. The molecule has 0 aromatic heterocycles. The van der Waals surface area contributed by atoms with Gasteiger partial charge in [-0.05, 0) is 76.3 Å². The zero-order chi connectivity index (χ0) is 45.5. The first-order valence-corrected chi connectivity index (χ1v) is 21.6. The maximum atomic E-state index is 14.3. The quantitative estimate of drug-likeness (QED) is 0.102. The van der Waals surface area contributed by atoms with Crippen molar-refractivity contribution in [2.45, 2.75) is 116 Å². The molecule has 8 amide bonds. The Bertz CT molecular complexity index is 1820. The predicted molar refractivity (Wildman–Crippen MR) is 233 cm³/mol. The summed E-state index contributed by atoms with van der Waals surface area (Å²) in [5.74, 6) is -2.25. The number of rotatable bonds is 19. The van der Waals surface area contributed by atoms with Gasteiger partial charge in [0.05, 0.1) is 0 Å². The molecule has 2 aromatic rings. The molecule has 2 heterocycles. The summed E-state index contributed by atoms with van der Waals surface area (Å²) in [7, 11) is 1.60. The molecule has 2 aromatic carbocycles. The molecule has 1 spiro atoms. The van der Waals surface area contributed by atoms with Crippen LogP contribution in [0.2, 0.25) is 0 Å². The number of piperidine rings is 1. The van der Waals surface area contributed by atoms with Gasteiger partial charge in [0.1, 0.15) is 29.8 Å². The molecule has 4 atom stereocenters. The summed E-state index contributed by atoms with van der Waals surface area (Å²) >= 11 is 0. The van der Waals surface area contributed by atoms with Crippen molar-refractivity contribution >= 4 is 41.8 Å². The fraction of sp³-hybridized carbons (Fsp3) is 0.578. The Morgan fingerprint density at radius 2 is 1.21 bits per heavy atom. The van der Waals surface area contributed by atoms with Gasteiger partial charge in [-0.1, -0.05) is 74.5 Å². The number of hydrogen-bond acceptors (Lipinski definition) is 8. The first-order valence-electron chi connectivity index (χ1n) is 21.6. The average Bonchev–Trinajstić information content (AvgIpc) is 3.20. The molecule has 340 valence electrons. The van der Waals surface area contributed by atoms with E-state index in [-0.39, 0.29) is 49.0 Å². The van der Waals surface area contributed by atoms with Gasteiger partial charge in [0.2, 0.25) is 23.6 Å². The first kappa shape index (κ1) is 48.8. The van der Waals surface area contributed by atoms with Crippen LogP contribution >= 0.6 is 0 Å². The van der Waals surface area contributed by atoms with E-state index in [1.807, 2.05) is 19.9 Å². The van der Waals surface area contributed by atoms with E-state index in [0.29, 0.717) is 64.0 Å². The minimum atomic E-state index is -1.40. The Labute approximate surface area is 364 Å². The molecule has 62 heavy (non-hydrogen) atoms. The predicted octanol–water partition coefficient (Wildman–Crippen LogP) is 3.57. The van der Waals surface area contributed by atoms with Gasteiger partial charge in [0.25, 0.3) is 0 Å². The van der Waals surface area contributed by atoms with E-state index in [4.69, 9.17) is 4.74 Å². The molecular formula is C45H66N8O9. The molecule has 0 aliphatic carbocycles. The van der Waals surface area contributed by atoms with Gasteiger partial charge >= 0.3 is 18.2 Å². The van der Waals surface area contributed by atoms with Gasteiger partial charge in [-0.15, -0.1) is 0 Å². The maximum Gasteiger partial charge on any atom is 0.407 e. The van der Waals surface area contributed by atoms with E-state index in [2.05, 4.69) is 31.9 Å². The largest absolute Gasteiger partial charge is 0.465 e. The third-order valence-electron chi connectivity index (χ3n) is 11.0. The minimum absolute atomic E-state index is 0.0377. The van der Waals surface area contributed by atoms with Crippen LogP contribution in [-0.2, 0) is 36.8 Å². The van der Waals surface area contributed by atoms with E-state index in [1.165, 1.54) is 0 Å². The second kappa shape index (κ2) is 22.8. The van der Waals surface area contributed by atoms with E-state index < -0.39 is 59.7 Å². The molecule has 17 heteroatoms. The summed E-state index contributed by atoms with van der Waals surface area (Å²) in [6.07, 6.45) is 1.02. The van der Waals surface area contributed by atoms with Crippen LogP contribution in [-0.4, -0.2) is 126 Å². The first-order chi connectivity index (χ1) is 29.4. The summed E-state index contributed by atoms with van der Waals surface area (Å²) in [4.78, 5) is 96.1. The van der Waals surface area contributed by atoms with Crippen molar-refractivity contribution in [1.82, 2.24) is 41.7 Å². The van der Waals surface area contributed by atoms with Crippen LogP contribution in [0.25, 0.3) is 0 Å². The van der Waals surface area contributed by atoms with Crippen molar-refractivity contribution in [3.05, 3.63) is 71.8 Å². The molecule has 0 saturated carbocycles. The van der Waals surface area contributed by atoms with Crippen molar-refractivity contribution in [3.63, 3.8) is 0 Å². The Morgan fingerprint density at radius 1 is 0.710 bits per heavy atom. The third kappa shape index (κ3) is 15.5. The number of benzene rings is 2. The number of hydrogen-bond donors (Lipinski definition) is 7. The normalized spacial score (nSPS) is 16.4. The molecule has 0 radical (unpaired) electrons. The van der Waals surface area contributed by atoms with Gasteiger partial charge in [-0.25, -0.2) is 14.4 Å². The average molecular weight is 863 g/mol. The Kier molecular flexibility index (Phi) is 18.0. The van der Waals surface area contributed by atoms with Crippen LogP contribution in [0.5, 0.6) is 0 Å². The fourth-order valence-electron chi connectivity index (χ4n) is 7.83. The summed E-state index contributed by atoms with van der Waals surface area (Å²) < 4.78 is 5.33. The molecular weight excluding hydrogens is 797 g/mol. The maximum absolute atomic E-state index is 14.3. The van der Waals surface area contributed by atoms with Crippen LogP contribution < -0.4 is 31.9 Å². The van der Waals surface area contributed by atoms with Gasteiger partial charge in [-0.3, -0.25) is 19.2 Å². The lowest BCUT2D eigenvalue weighted by molar-refractivity contribution is -0.141. The van der Waals surface area contributed by atoms with Crippen molar-refractivity contribution in [3.8, 4) is 0 Å². The molecule has 2 fully saturated rings. The molecule has 2 saturated heterocycles. The number of ether oxygens (including phenoxy) is 1. The lowest BCUT2D eigenvalue weighted by Crippen LogP contribution is -2.64. The third-order valence-corrected chi connectivity index (χ3v) is 11.0. The minimum Gasteiger partial charge on any atom is -0.465 e. The highest BCUT2D eigenvalue weighted by molar-refractivity contribution is 5.95. The molecule has 2 aliphatic heterocycles. The highest BCUT2D eigenvalue weighted by atomic mass is 16.6. The van der Waals surface area contributed by atoms with Gasteiger partial charge in [0.15, 0.2) is 0 Å². The number of unbranched alkanes of at least 4 members (excludes halogenated alkanes) is 1. The van der Waals surface area contributed by atoms with E-state index in [9.17, 15) is 38.7 Å². The van der Waals surface area contributed by atoms with Crippen molar-refractivity contribution < 1.29 is 43.4 Å². The number of carbonyl (C=O) groups excluding carboxylic acids is 6. The lowest BCUT2D eigenvalue weighted by atomic mass is 9.72. The Hall–Kier alpha value is -5.87. The number of urea groups is 1. The molecule has 17 nitrogen and oxygen atoms in total. The van der Waals surface area contributed by atoms with Crippen molar-refractivity contribution in [2.24, 2.45) is 11.3 Å². The van der Waals surface area contributed by atoms with Crippen LogP contribution in [0.4, 0.5) is 14.4 Å². The van der Waals surface area contributed by atoms with Crippen LogP contribution in [0.1, 0.15) is 84.3 Å². The summed E-state index contributed by atoms with van der Waals surface area (Å²) in [5, 5.41) is 25.8. The number of amides is 8. The molecule has 2 aliphatic rings. The van der Waals surface area contributed by atoms with Gasteiger partial charge in [0, 0.05) is 58.0 Å². The Morgan fingerprint density at radius 3 is 1.71 bits per heavy atom. The topological polar surface area (TPSA) is 228 Å². The van der Waals surface area contributed by atoms with E-state index in [0.717, 1.165) is 5.56 Å². The molecule has 4 rings (SSSR count). The molecule has 0 unspecified atom stereocenters. The Balaban J connectivity index is 1.50. The van der Waals surface area contributed by atoms with Crippen molar-refractivity contribution in [1.29, 1.82) is 0 Å².